The van der Waals surface area contributed by atoms with Gasteiger partial charge in [-0.25, -0.2) is 0 Å². The summed E-state index contributed by atoms with van der Waals surface area (Å²) < 4.78 is 0. The summed E-state index contributed by atoms with van der Waals surface area (Å²) in [6.07, 6.45) is 10.9. The van der Waals surface area contributed by atoms with Crippen LogP contribution in [0, 0.1) is 23.7 Å². The van der Waals surface area contributed by atoms with Gasteiger partial charge in [-0.2, -0.15) is 0 Å². The molecule has 1 heteroatoms. The van der Waals surface area contributed by atoms with E-state index in [-0.39, 0.29) is 5.54 Å². The van der Waals surface area contributed by atoms with Gasteiger partial charge in [0.2, 0.25) is 0 Å². The van der Waals surface area contributed by atoms with Crippen molar-refractivity contribution in [1.82, 2.24) is 0 Å². The Balaban J connectivity index is 2.08. The molecule has 100 valence electrons. The SMILES string of the molecule is CCC1CCCCC1C1(N)CCC(C)C(C)C1. The van der Waals surface area contributed by atoms with Gasteiger partial charge >= 0.3 is 0 Å². The number of hydrogen-bond acceptors (Lipinski definition) is 1. The first-order valence-electron chi connectivity index (χ1n) is 7.85. The molecule has 0 radical (unpaired) electrons. The van der Waals surface area contributed by atoms with Gasteiger partial charge < -0.3 is 5.73 Å². The lowest BCUT2D eigenvalue weighted by Gasteiger charge is -2.49. The Bertz CT molecular complexity index is 250. The molecule has 0 saturated heterocycles. The highest BCUT2D eigenvalue weighted by Crippen LogP contribution is 2.46. The maximum Gasteiger partial charge on any atom is 0.0188 e. The van der Waals surface area contributed by atoms with Crippen LogP contribution < -0.4 is 5.73 Å². The van der Waals surface area contributed by atoms with Crippen LogP contribution in [0.15, 0.2) is 0 Å². The largest absolute Gasteiger partial charge is 0.325 e. The molecule has 2 fully saturated rings. The number of nitrogens with two attached hydrogens (primary N) is 1. The smallest absolute Gasteiger partial charge is 0.0188 e. The molecule has 5 unspecified atom stereocenters. The van der Waals surface area contributed by atoms with Gasteiger partial charge in [0.05, 0.1) is 0 Å². The van der Waals surface area contributed by atoms with Gasteiger partial charge in [-0.05, 0) is 49.4 Å². The van der Waals surface area contributed by atoms with Crippen LogP contribution >= 0.6 is 0 Å². The molecule has 2 aliphatic rings. The second-order valence-electron chi connectivity index (χ2n) is 6.99. The molecule has 0 aliphatic heterocycles. The van der Waals surface area contributed by atoms with Crippen molar-refractivity contribution in [1.29, 1.82) is 0 Å². The molecule has 17 heavy (non-hydrogen) atoms. The lowest BCUT2D eigenvalue weighted by atomic mass is 9.60. The molecule has 0 aromatic carbocycles. The summed E-state index contributed by atoms with van der Waals surface area (Å²) in [6.45, 7) is 7.18. The van der Waals surface area contributed by atoms with Crippen molar-refractivity contribution in [2.75, 3.05) is 0 Å². The van der Waals surface area contributed by atoms with Crippen molar-refractivity contribution in [3.8, 4) is 0 Å². The summed E-state index contributed by atoms with van der Waals surface area (Å²) in [4.78, 5) is 0. The molecule has 0 aromatic rings. The zero-order valence-corrected chi connectivity index (χ0v) is 12.0. The summed E-state index contributed by atoms with van der Waals surface area (Å²) in [7, 11) is 0. The zero-order chi connectivity index (χ0) is 12.5. The minimum absolute atomic E-state index is 0.174. The van der Waals surface area contributed by atoms with Crippen molar-refractivity contribution in [3.05, 3.63) is 0 Å². The van der Waals surface area contributed by atoms with E-state index in [9.17, 15) is 0 Å². The summed E-state index contributed by atoms with van der Waals surface area (Å²) >= 11 is 0. The molecule has 1 nitrogen and oxygen atoms in total. The van der Waals surface area contributed by atoms with Crippen LogP contribution in [-0.2, 0) is 0 Å². The fourth-order valence-corrected chi connectivity index (χ4v) is 4.47. The summed E-state index contributed by atoms with van der Waals surface area (Å²) in [5, 5.41) is 0. The molecule has 2 saturated carbocycles. The number of rotatable bonds is 2. The highest BCUT2D eigenvalue weighted by molar-refractivity contribution is 4.99. The predicted molar refractivity (Wildman–Crippen MR) is 74.8 cm³/mol. The molecule has 0 aromatic heterocycles. The maximum absolute atomic E-state index is 6.85. The number of hydrogen-bond donors (Lipinski definition) is 1. The van der Waals surface area contributed by atoms with Crippen LogP contribution in [0.4, 0.5) is 0 Å². The van der Waals surface area contributed by atoms with E-state index in [2.05, 4.69) is 20.8 Å². The Morgan fingerprint density at radius 3 is 2.41 bits per heavy atom. The van der Waals surface area contributed by atoms with E-state index in [1.807, 2.05) is 0 Å². The van der Waals surface area contributed by atoms with Gasteiger partial charge in [-0.3, -0.25) is 0 Å². The second kappa shape index (κ2) is 5.30. The molecule has 2 aliphatic carbocycles. The van der Waals surface area contributed by atoms with Gasteiger partial charge in [0, 0.05) is 5.54 Å². The normalized spacial score (nSPS) is 48.0. The zero-order valence-electron chi connectivity index (χ0n) is 12.0. The Morgan fingerprint density at radius 1 is 1.06 bits per heavy atom. The molecular formula is C16H31N. The first-order valence-corrected chi connectivity index (χ1v) is 7.85. The highest BCUT2D eigenvalue weighted by atomic mass is 14.8. The third-order valence-electron chi connectivity index (χ3n) is 5.91. The first-order chi connectivity index (χ1) is 8.07. The van der Waals surface area contributed by atoms with Crippen molar-refractivity contribution in [2.24, 2.45) is 29.4 Å². The van der Waals surface area contributed by atoms with Crippen molar-refractivity contribution in [2.45, 2.75) is 77.7 Å². The standard InChI is InChI=1S/C16H31N/c1-4-14-7-5-6-8-15(14)16(17)10-9-12(2)13(3)11-16/h12-15H,4-11,17H2,1-3H3. The Hall–Kier alpha value is -0.0400. The molecule has 0 heterocycles. The molecule has 0 bridgehead atoms. The summed E-state index contributed by atoms with van der Waals surface area (Å²) in [5.74, 6) is 3.44. The fraction of sp³-hybridized carbons (Fsp3) is 1.00. The van der Waals surface area contributed by atoms with E-state index >= 15 is 0 Å². The molecule has 0 amide bonds. The predicted octanol–water partition coefficient (Wildman–Crippen LogP) is 4.36. The average molecular weight is 237 g/mol. The summed E-state index contributed by atoms with van der Waals surface area (Å²) in [6, 6.07) is 0. The van der Waals surface area contributed by atoms with Crippen LogP contribution in [0.5, 0.6) is 0 Å². The van der Waals surface area contributed by atoms with Crippen molar-refractivity contribution >= 4 is 0 Å². The van der Waals surface area contributed by atoms with E-state index in [1.165, 1.54) is 51.4 Å². The highest BCUT2D eigenvalue weighted by Gasteiger charge is 2.43. The maximum atomic E-state index is 6.85. The lowest BCUT2D eigenvalue weighted by Crippen LogP contribution is -2.54. The molecule has 2 rings (SSSR count). The Kier molecular flexibility index (Phi) is 4.18. The van der Waals surface area contributed by atoms with Crippen LogP contribution in [0.25, 0.3) is 0 Å². The van der Waals surface area contributed by atoms with Crippen LogP contribution in [0.1, 0.15) is 72.1 Å². The van der Waals surface area contributed by atoms with E-state index in [0.717, 1.165) is 23.7 Å². The summed E-state index contributed by atoms with van der Waals surface area (Å²) in [5.41, 5.74) is 7.03. The quantitative estimate of drug-likeness (QED) is 0.759. The van der Waals surface area contributed by atoms with Gasteiger partial charge in [-0.15, -0.1) is 0 Å². The van der Waals surface area contributed by atoms with E-state index in [0.29, 0.717) is 0 Å². The van der Waals surface area contributed by atoms with Gasteiger partial charge in [0.15, 0.2) is 0 Å². The minimum Gasteiger partial charge on any atom is -0.325 e. The molecule has 0 spiro atoms. The average Bonchev–Trinajstić information content (AvgIpc) is 2.34. The first kappa shape index (κ1) is 13.4. The Labute approximate surface area is 108 Å². The molecule has 2 N–H and O–H groups in total. The van der Waals surface area contributed by atoms with E-state index in [1.54, 1.807) is 0 Å². The second-order valence-corrected chi connectivity index (χ2v) is 6.99. The monoisotopic (exact) mass is 237 g/mol. The Morgan fingerprint density at radius 2 is 1.76 bits per heavy atom. The lowest BCUT2D eigenvalue weighted by molar-refractivity contribution is 0.0591. The third-order valence-corrected chi connectivity index (χ3v) is 5.91. The van der Waals surface area contributed by atoms with Gasteiger partial charge in [0.1, 0.15) is 0 Å². The van der Waals surface area contributed by atoms with Gasteiger partial charge in [-0.1, -0.05) is 46.5 Å². The van der Waals surface area contributed by atoms with Crippen molar-refractivity contribution in [3.63, 3.8) is 0 Å². The van der Waals surface area contributed by atoms with Crippen LogP contribution in [0.2, 0.25) is 0 Å². The topological polar surface area (TPSA) is 26.0 Å². The molecular weight excluding hydrogens is 206 g/mol. The van der Waals surface area contributed by atoms with Crippen molar-refractivity contribution < 1.29 is 0 Å². The molecule has 5 atom stereocenters. The fourth-order valence-electron chi connectivity index (χ4n) is 4.47. The third kappa shape index (κ3) is 2.70. The van der Waals surface area contributed by atoms with Crippen LogP contribution in [-0.4, -0.2) is 5.54 Å². The van der Waals surface area contributed by atoms with E-state index < -0.39 is 0 Å². The van der Waals surface area contributed by atoms with E-state index in [4.69, 9.17) is 5.73 Å². The van der Waals surface area contributed by atoms with Gasteiger partial charge in [0.25, 0.3) is 0 Å². The minimum atomic E-state index is 0.174. The van der Waals surface area contributed by atoms with Crippen LogP contribution in [0.3, 0.4) is 0 Å².